The number of anilines is 1. The third-order valence-corrected chi connectivity index (χ3v) is 3.04. The van der Waals surface area contributed by atoms with E-state index in [0.29, 0.717) is 18.7 Å². The van der Waals surface area contributed by atoms with Gasteiger partial charge >= 0.3 is 0 Å². The molecule has 18 heavy (non-hydrogen) atoms. The van der Waals surface area contributed by atoms with Crippen LogP contribution in [-0.4, -0.2) is 33.4 Å². The zero-order valence-corrected chi connectivity index (χ0v) is 11.7. The largest absolute Gasteiger partial charge is 0.383 e. The van der Waals surface area contributed by atoms with Crippen LogP contribution in [-0.2, 0) is 11.3 Å². The Bertz CT molecular complexity index is 371. The Morgan fingerprint density at radius 1 is 1.44 bits per heavy atom. The van der Waals surface area contributed by atoms with Crippen molar-refractivity contribution in [3.63, 3.8) is 0 Å². The Balaban J connectivity index is 3.08. The van der Waals surface area contributed by atoms with Crippen LogP contribution in [0.2, 0.25) is 0 Å². The Morgan fingerprint density at radius 3 is 2.72 bits per heavy atom. The molecule has 0 fully saturated rings. The molecule has 0 aliphatic heterocycles. The first kappa shape index (κ1) is 14.9. The van der Waals surface area contributed by atoms with Gasteiger partial charge in [0.1, 0.15) is 5.82 Å². The predicted molar refractivity (Wildman–Crippen MR) is 73.5 cm³/mol. The first-order valence-corrected chi connectivity index (χ1v) is 6.33. The zero-order chi connectivity index (χ0) is 13.5. The van der Waals surface area contributed by atoms with Crippen molar-refractivity contribution in [3.05, 3.63) is 29.6 Å². The average molecular weight is 254 g/mol. The van der Waals surface area contributed by atoms with E-state index in [1.807, 2.05) is 13.1 Å². The van der Waals surface area contributed by atoms with Gasteiger partial charge in [0.05, 0.1) is 6.61 Å². The lowest BCUT2D eigenvalue weighted by atomic mass is 10.1. The fraction of sp³-hybridized carbons (Fsp3) is 0.571. The van der Waals surface area contributed by atoms with Gasteiger partial charge in [-0.3, -0.25) is 0 Å². The summed E-state index contributed by atoms with van der Waals surface area (Å²) in [5.41, 5.74) is 1.65. The van der Waals surface area contributed by atoms with E-state index in [-0.39, 0.29) is 11.9 Å². The predicted octanol–water partition coefficient (Wildman–Crippen LogP) is 2.41. The Kier molecular flexibility index (Phi) is 6.09. The highest BCUT2D eigenvalue weighted by molar-refractivity contribution is 5.55. The number of hydrogen-bond acceptors (Lipinski definition) is 3. The molecule has 0 aliphatic carbocycles. The van der Waals surface area contributed by atoms with Crippen LogP contribution >= 0.6 is 0 Å². The SMILES string of the molecule is CCN(c1cccc(F)c1CNC)C(C)COC. The van der Waals surface area contributed by atoms with Gasteiger partial charge < -0.3 is 15.0 Å². The number of rotatable bonds is 7. The van der Waals surface area contributed by atoms with Crippen LogP contribution < -0.4 is 10.2 Å². The second-order valence-corrected chi connectivity index (χ2v) is 4.36. The van der Waals surface area contributed by atoms with Crippen LogP contribution in [0.3, 0.4) is 0 Å². The standard InChI is InChI=1S/C14H23FN2O/c1-5-17(11(2)10-18-4)14-8-6-7-13(15)12(14)9-16-3/h6-8,11,16H,5,9-10H2,1-4H3. The lowest BCUT2D eigenvalue weighted by Gasteiger charge is -2.31. The maximum Gasteiger partial charge on any atom is 0.129 e. The quantitative estimate of drug-likeness (QED) is 0.808. The minimum absolute atomic E-state index is 0.162. The number of benzene rings is 1. The number of nitrogens with one attached hydrogen (secondary N) is 1. The van der Waals surface area contributed by atoms with Crippen LogP contribution in [0.1, 0.15) is 19.4 Å². The molecule has 1 N–H and O–H groups in total. The summed E-state index contributed by atoms with van der Waals surface area (Å²) < 4.78 is 19.1. The first-order valence-electron chi connectivity index (χ1n) is 6.33. The van der Waals surface area contributed by atoms with E-state index in [4.69, 9.17) is 4.74 Å². The summed E-state index contributed by atoms with van der Waals surface area (Å²) in [6.45, 7) is 6.13. The molecule has 0 spiro atoms. The average Bonchev–Trinajstić information content (AvgIpc) is 2.34. The molecule has 1 rings (SSSR count). The lowest BCUT2D eigenvalue weighted by Crippen LogP contribution is -2.37. The van der Waals surface area contributed by atoms with Crippen molar-refractivity contribution in [1.82, 2.24) is 5.32 Å². The van der Waals surface area contributed by atoms with Gasteiger partial charge in [-0.05, 0) is 33.0 Å². The van der Waals surface area contributed by atoms with Gasteiger partial charge in [-0.2, -0.15) is 0 Å². The molecule has 1 aromatic rings. The Hall–Kier alpha value is -1.13. The number of halogens is 1. The fourth-order valence-electron chi connectivity index (χ4n) is 2.22. The van der Waals surface area contributed by atoms with Crippen LogP contribution in [0.4, 0.5) is 10.1 Å². The summed E-state index contributed by atoms with van der Waals surface area (Å²) in [7, 11) is 3.51. The van der Waals surface area contributed by atoms with Gasteiger partial charge in [0.15, 0.2) is 0 Å². The van der Waals surface area contributed by atoms with E-state index < -0.39 is 0 Å². The first-order chi connectivity index (χ1) is 8.65. The number of hydrogen-bond donors (Lipinski definition) is 1. The highest BCUT2D eigenvalue weighted by atomic mass is 19.1. The summed E-state index contributed by atoms with van der Waals surface area (Å²) >= 11 is 0. The maximum atomic E-state index is 13.9. The molecule has 0 aromatic heterocycles. The second kappa shape index (κ2) is 7.34. The van der Waals surface area contributed by atoms with Crippen molar-refractivity contribution >= 4 is 5.69 Å². The highest BCUT2D eigenvalue weighted by Gasteiger charge is 2.17. The molecule has 0 radical (unpaired) electrons. The van der Waals surface area contributed by atoms with Crippen molar-refractivity contribution in [2.45, 2.75) is 26.4 Å². The van der Waals surface area contributed by atoms with Gasteiger partial charge in [0.25, 0.3) is 0 Å². The number of ether oxygens (including phenoxy) is 1. The van der Waals surface area contributed by atoms with Crippen LogP contribution in [0, 0.1) is 5.82 Å². The van der Waals surface area contributed by atoms with E-state index in [0.717, 1.165) is 12.2 Å². The van der Waals surface area contributed by atoms with Gasteiger partial charge in [-0.25, -0.2) is 4.39 Å². The molecule has 3 nitrogen and oxygen atoms in total. The van der Waals surface area contributed by atoms with Gasteiger partial charge in [-0.15, -0.1) is 0 Å². The summed E-state index contributed by atoms with van der Waals surface area (Å²) in [6.07, 6.45) is 0. The van der Waals surface area contributed by atoms with E-state index in [2.05, 4.69) is 24.1 Å². The van der Waals surface area contributed by atoms with E-state index >= 15 is 0 Å². The van der Waals surface area contributed by atoms with Crippen molar-refractivity contribution in [1.29, 1.82) is 0 Å². The summed E-state index contributed by atoms with van der Waals surface area (Å²) in [6, 6.07) is 5.44. The summed E-state index contributed by atoms with van der Waals surface area (Å²) in [5, 5.41) is 3.02. The molecule has 1 aromatic carbocycles. The fourth-order valence-corrected chi connectivity index (χ4v) is 2.22. The molecule has 1 atom stereocenters. The molecule has 0 aliphatic rings. The van der Waals surface area contributed by atoms with E-state index in [9.17, 15) is 4.39 Å². The molecule has 102 valence electrons. The molecule has 1 unspecified atom stereocenters. The van der Waals surface area contributed by atoms with Crippen molar-refractivity contribution < 1.29 is 9.13 Å². The molecular weight excluding hydrogens is 231 g/mol. The third-order valence-electron chi connectivity index (χ3n) is 3.04. The van der Waals surface area contributed by atoms with Gasteiger partial charge in [0.2, 0.25) is 0 Å². The van der Waals surface area contributed by atoms with Crippen LogP contribution in [0.5, 0.6) is 0 Å². The number of likely N-dealkylation sites (N-methyl/N-ethyl adjacent to an activating group) is 1. The number of nitrogens with zero attached hydrogens (tertiary/aromatic N) is 1. The highest BCUT2D eigenvalue weighted by Crippen LogP contribution is 2.25. The summed E-state index contributed by atoms with van der Waals surface area (Å²) in [4.78, 5) is 2.17. The molecule has 0 heterocycles. The van der Waals surface area contributed by atoms with Crippen LogP contribution in [0.25, 0.3) is 0 Å². The molecule has 0 amide bonds. The minimum Gasteiger partial charge on any atom is -0.383 e. The molecule has 0 saturated heterocycles. The monoisotopic (exact) mass is 254 g/mol. The third kappa shape index (κ3) is 3.43. The normalized spacial score (nSPS) is 12.5. The second-order valence-electron chi connectivity index (χ2n) is 4.36. The molecule has 4 heteroatoms. The van der Waals surface area contributed by atoms with Crippen molar-refractivity contribution in [2.75, 3.05) is 32.2 Å². The van der Waals surface area contributed by atoms with Crippen molar-refractivity contribution in [3.8, 4) is 0 Å². The Labute approximate surface area is 109 Å². The molecule has 0 saturated carbocycles. The minimum atomic E-state index is -0.162. The Morgan fingerprint density at radius 2 is 2.17 bits per heavy atom. The van der Waals surface area contributed by atoms with Gasteiger partial charge in [-0.1, -0.05) is 6.07 Å². The van der Waals surface area contributed by atoms with Crippen LogP contribution in [0.15, 0.2) is 18.2 Å². The smallest absolute Gasteiger partial charge is 0.129 e. The van der Waals surface area contributed by atoms with Crippen molar-refractivity contribution in [2.24, 2.45) is 0 Å². The van der Waals surface area contributed by atoms with E-state index in [1.165, 1.54) is 6.07 Å². The summed E-state index contributed by atoms with van der Waals surface area (Å²) in [5.74, 6) is -0.162. The molecular formula is C14H23FN2O. The maximum absolute atomic E-state index is 13.9. The van der Waals surface area contributed by atoms with Gasteiger partial charge in [0, 0.05) is 37.5 Å². The van der Waals surface area contributed by atoms with E-state index in [1.54, 1.807) is 13.2 Å². The number of methoxy groups -OCH3 is 1. The lowest BCUT2D eigenvalue weighted by molar-refractivity contribution is 0.182. The zero-order valence-electron chi connectivity index (χ0n) is 11.7. The molecule has 0 bridgehead atoms. The topological polar surface area (TPSA) is 24.5 Å².